The highest BCUT2D eigenvalue weighted by Gasteiger charge is 2.62. The summed E-state index contributed by atoms with van der Waals surface area (Å²) in [6, 6.07) is 0. The Balaban J connectivity index is 1.64. The Labute approximate surface area is 152 Å². The molecule has 0 spiro atoms. The molecule has 142 valence electrons. The van der Waals surface area contributed by atoms with Crippen molar-refractivity contribution in [1.29, 1.82) is 0 Å². The van der Waals surface area contributed by atoms with Gasteiger partial charge in [0, 0.05) is 12.5 Å². The topological polar surface area (TPSA) is 57.5 Å². The van der Waals surface area contributed by atoms with Crippen molar-refractivity contribution in [2.75, 3.05) is 6.61 Å². The van der Waals surface area contributed by atoms with Crippen LogP contribution in [0.25, 0.3) is 0 Å². The Bertz CT molecular complexity index is 555. The molecule has 8 unspecified atom stereocenters. The highest BCUT2D eigenvalue weighted by Crippen LogP contribution is 2.68. The first-order valence-corrected chi connectivity index (χ1v) is 10.6. The highest BCUT2D eigenvalue weighted by molar-refractivity contribution is 5.79. The molecular weight excluding hydrogens is 312 g/mol. The molecule has 8 atom stereocenters. The lowest BCUT2D eigenvalue weighted by Gasteiger charge is -2.62. The first kappa shape index (κ1) is 18.0. The molecule has 0 aliphatic heterocycles. The van der Waals surface area contributed by atoms with E-state index in [9.17, 15) is 15.0 Å². The second-order valence-electron chi connectivity index (χ2n) is 10.5. The van der Waals surface area contributed by atoms with Gasteiger partial charge in [-0.2, -0.15) is 0 Å². The van der Waals surface area contributed by atoms with E-state index in [4.69, 9.17) is 0 Å². The van der Waals surface area contributed by atoms with E-state index in [2.05, 4.69) is 6.92 Å². The van der Waals surface area contributed by atoms with E-state index in [1.165, 1.54) is 19.3 Å². The largest absolute Gasteiger partial charge is 0.396 e. The van der Waals surface area contributed by atoms with Gasteiger partial charge in [-0.05, 0) is 106 Å². The first-order valence-electron chi connectivity index (χ1n) is 10.6. The van der Waals surface area contributed by atoms with E-state index in [-0.39, 0.29) is 23.4 Å². The number of carbonyl (C=O) groups excluding carboxylic acids is 1. The van der Waals surface area contributed by atoms with Crippen LogP contribution in [0.15, 0.2) is 0 Å². The zero-order chi connectivity index (χ0) is 18.0. The number of ketones is 1. The second-order valence-corrected chi connectivity index (χ2v) is 10.5. The summed E-state index contributed by atoms with van der Waals surface area (Å²) in [5, 5.41) is 21.1. The summed E-state index contributed by atoms with van der Waals surface area (Å²) in [4.78, 5) is 12.2. The minimum absolute atomic E-state index is 0.0286. The van der Waals surface area contributed by atoms with Crippen molar-refractivity contribution in [3.05, 3.63) is 0 Å². The quantitative estimate of drug-likeness (QED) is 0.794. The Hall–Kier alpha value is -0.410. The zero-order valence-electron chi connectivity index (χ0n) is 16.3. The van der Waals surface area contributed by atoms with Gasteiger partial charge in [0.05, 0.1) is 5.60 Å². The van der Waals surface area contributed by atoms with Crippen molar-refractivity contribution >= 4 is 5.78 Å². The molecule has 3 nitrogen and oxygen atoms in total. The number of hydrogen-bond acceptors (Lipinski definition) is 3. The predicted octanol–water partition coefficient (Wildman–Crippen LogP) is 3.96. The molecule has 0 bridgehead atoms. The summed E-state index contributed by atoms with van der Waals surface area (Å²) in [5.41, 5.74) is -0.329. The van der Waals surface area contributed by atoms with Crippen LogP contribution in [0.3, 0.4) is 0 Å². The average molecular weight is 349 g/mol. The van der Waals surface area contributed by atoms with Crippen LogP contribution in [0, 0.1) is 40.4 Å². The minimum atomic E-state index is -0.549. The number of rotatable bonds is 2. The van der Waals surface area contributed by atoms with E-state index < -0.39 is 5.60 Å². The third kappa shape index (κ3) is 2.48. The lowest BCUT2D eigenvalue weighted by molar-refractivity contribution is -0.171. The summed E-state index contributed by atoms with van der Waals surface area (Å²) in [7, 11) is 0. The molecule has 0 amide bonds. The molecule has 2 N–H and O–H groups in total. The maximum Gasteiger partial charge on any atom is 0.133 e. The number of Topliss-reactive ketones (excluding diaryl/α,β-unsaturated/α-hetero) is 1. The fraction of sp³-hybridized carbons (Fsp3) is 0.955. The molecule has 4 aliphatic rings. The molecule has 0 aromatic carbocycles. The molecule has 0 heterocycles. The summed E-state index contributed by atoms with van der Waals surface area (Å²) in [5.74, 6) is 3.05. The van der Waals surface area contributed by atoms with E-state index in [0.717, 1.165) is 38.5 Å². The van der Waals surface area contributed by atoms with Gasteiger partial charge in [0.25, 0.3) is 0 Å². The van der Waals surface area contributed by atoms with Gasteiger partial charge in [-0.1, -0.05) is 6.92 Å². The molecule has 0 radical (unpaired) electrons. The van der Waals surface area contributed by atoms with Crippen molar-refractivity contribution in [1.82, 2.24) is 0 Å². The van der Waals surface area contributed by atoms with E-state index in [1.807, 2.05) is 6.92 Å². The summed E-state index contributed by atoms with van der Waals surface area (Å²) >= 11 is 0. The van der Waals surface area contributed by atoms with Crippen LogP contribution in [0.2, 0.25) is 0 Å². The third-order valence-electron chi connectivity index (χ3n) is 9.44. The summed E-state index contributed by atoms with van der Waals surface area (Å²) in [6.07, 6.45) is 9.62. The molecule has 0 saturated heterocycles. The fourth-order valence-corrected chi connectivity index (χ4v) is 8.21. The standard InChI is InChI=1S/C22H36O3/c1-14(24)17-6-7-18-16-5-4-15-12-20(2,25)10-11-22(15,13-23)19(16)8-9-21(17,18)3/h15-19,23,25H,4-13H2,1-3H3. The zero-order valence-corrected chi connectivity index (χ0v) is 16.3. The smallest absolute Gasteiger partial charge is 0.133 e. The predicted molar refractivity (Wildman–Crippen MR) is 97.9 cm³/mol. The van der Waals surface area contributed by atoms with Gasteiger partial charge >= 0.3 is 0 Å². The van der Waals surface area contributed by atoms with E-state index in [1.54, 1.807) is 6.92 Å². The average Bonchev–Trinajstić information content (AvgIpc) is 2.91. The van der Waals surface area contributed by atoms with Gasteiger partial charge in [0.15, 0.2) is 0 Å². The molecule has 4 aliphatic carbocycles. The SMILES string of the molecule is CC(=O)C1CCC2C3CCC4CC(C)(O)CCC4(CO)C3CCC12C. The van der Waals surface area contributed by atoms with Crippen molar-refractivity contribution in [2.24, 2.45) is 40.4 Å². The van der Waals surface area contributed by atoms with Crippen molar-refractivity contribution in [3.8, 4) is 0 Å². The lowest BCUT2D eigenvalue weighted by atomic mass is 9.43. The number of hydrogen-bond donors (Lipinski definition) is 2. The third-order valence-corrected chi connectivity index (χ3v) is 9.44. The van der Waals surface area contributed by atoms with Crippen molar-refractivity contribution in [2.45, 2.75) is 84.2 Å². The first-order chi connectivity index (χ1) is 11.7. The van der Waals surface area contributed by atoms with Crippen LogP contribution in [-0.2, 0) is 4.79 Å². The van der Waals surface area contributed by atoms with Crippen LogP contribution in [0.4, 0.5) is 0 Å². The molecule has 4 rings (SSSR count). The molecule has 0 aromatic heterocycles. The Morgan fingerprint density at radius 3 is 2.44 bits per heavy atom. The van der Waals surface area contributed by atoms with Crippen LogP contribution >= 0.6 is 0 Å². The molecule has 4 saturated carbocycles. The number of fused-ring (bicyclic) bond motifs is 5. The van der Waals surface area contributed by atoms with E-state index in [0.29, 0.717) is 29.5 Å². The summed E-state index contributed by atoms with van der Waals surface area (Å²) in [6.45, 7) is 6.44. The number of aliphatic hydroxyl groups excluding tert-OH is 1. The molecule has 0 aromatic rings. The highest BCUT2D eigenvalue weighted by atomic mass is 16.3. The Morgan fingerprint density at radius 1 is 1.00 bits per heavy atom. The fourth-order valence-electron chi connectivity index (χ4n) is 8.21. The Kier molecular flexibility index (Phi) is 4.16. The second kappa shape index (κ2) is 5.79. The lowest BCUT2D eigenvalue weighted by Crippen LogP contribution is -2.58. The maximum absolute atomic E-state index is 12.2. The van der Waals surface area contributed by atoms with Crippen LogP contribution in [-0.4, -0.2) is 28.2 Å². The molecule has 3 heteroatoms. The molecular formula is C22H36O3. The van der Waals surface area contributed by atoms with Gasteiger partial charge in [-0.3, -0.25) is 4.79 Å². The number of aliphatic hydroxyl groups is 2. The monoisotopic (exact) mass is 348 g/mol. The van der Waals surface area contributed by atoms with Gasteiger partial charge in [-0.15, -0.1) is 0 Å². The van der Waals surface area contributed by atoms with Crippen LogP contribution in [0.5, 0.6) is 0 Å². The van der Waals surface area contributed by atoms with Crippen LogP contribution in [0.1, 0.15) is 78.6 Å². The van der Waals surface area contributed by atoms with Gasteiger partial charge in [-0.25, -0.2) is 0 Å². The summed E-state index contributed by atoms with van der Waals surface area (Å²) < 4.78 is 0. The Morgan fingerprint density at radius 2 is 1.76 bits per heavy atom. The normalized spacial score (nSPS) is 55.2. The molecule has 4 fully saturated rings. The minimum Gasteiger partial charge on any atom is -0.396 e. The van der Waals surface area contributed by atoms with Gasteiger partial charge in [0.2, 0.25) is 0 Å². The number of carbonyl (C=O) groups is 1. The van der Waals surface area contributed by atoms with Crippen molar-refractivity contribution in [3.63, 3.8) is 0 Å². The van der Waals surface area contributed by atoms with E-state index >= 15 is 0 Å². The van der Waals surface area contributed by atoms with Gasteiger partial charge in [0.1, 0.15) is 5.78 Å². The van der Waals surface area contributed by atoms with Crippen LogP contribution < -0.4 is 0 Å². The van der Waals surface area contributed by atoms with Crippen molar-refractivity contribution < 1.29 is 15.0 Å². The maximum atomic E-state index is 12.2. The molecule has 25 heavy (non-hydrogen) atoms. The van der Waals surface area contributed by atoms with Gasteiger partial charge < -0.3 is 10.2 Å².